The average molecular weight is 299 g/mol. The van der Waals surface area contributed by atoms with Gasteiger partial charge in [-0.25, -0.2) is 0 Å². The van der Waals surface area contributed by atoms with Gasteiger partial charge in [-0.05, 0) is 23.1 Å². The van der Waals surface area contributed by atoms with Gasteiger partial charge in [0.25, 0.3) is 5.91 Å². The van der Waals surface area contributed by atoms with Crippen molar-refractivity contribution in [2.75, 3.05) is 0 Å². The molecule has 0 saturated heterocycles. The van der Waals surface area contributed by atoms with Crippen molar-refractivity contribution in [3.05, 3.63) is 58.4 Å². The van der Waals surface area contributed by atoms with E-state index in [1.165, 1.54) is 11.3 Å². The van der Waals surface area contributed by atoms with E-state index in [1.54, 1.807) is 12.1 Å². The monoisotopic (exact) mass is 299 g/mol. The Bertz CT molecular complexity index is 777. The second-order valence-corrected chi connectivity index (χ2v) is 5.46. The topological polar surface area (TPSA) is 74.0 Å². The van der Waals surface area contributed by atoms with E-state index in [0.717, 1.165) is 16.5 Å². The average Bonchev–Trinajstić information content (AvgIpc) is 3.15. The molecule has 2 aromatic heterocycles. The fourth-order valence-electron chi connectivity index (χ4n) is 2.09. The molecule has 0 fully saturated rings. The quantitative estimate of drug-likeness (QED) is 0.649. The molecular formula is C15H13N3O2S. The van der Waals surface area contributed by atoms with E-state index < -0.39 is 0 Å². The molecule has 2 amide bonds. The maximum atomic E-state index is 11.9. The van der Waals surface area contributed by atoms with E-state index in [-0.39, 0.29) is 18.2 Å². The van der Waals surface area contributed by atoms with Crippen molar-refractivity contribution < 1.29 is 9.59 Å². The number of H-pyrrole nitrogens is 1. The Morgan fingerprint density at radius 2 is 1.95 bits per heavy atom. The Hall–Kier alpha value is -2.60. The molecule has 0 atom stereocenters. The molecule has 0 bridgehead atoms. The summed E-state index contributed by atoms with van der Waals surface area (Å²) >= 11 is 1.32. The van der Waals surface area contributed by atoms with Crippen molar-refractivity contribution in [3.63, 3.8) is 0 Å². The van der Waals surface area contributed by atoms with E-state index in [0.29, 0.717) is 4.88 Å². The zero-order valence-electron chi connectivity index (χ0n) is 11.1. The first-order valence-electron chi connectivity index (χ1n) is 6.42. The number of thiophene rings is 1. The highest BCUT2D eigenvalue weighted by Gasteiger charge is 2.10. The number of aromatic amines is 1. The Labute approximate surface area is 125 Å². The van der Waals surface area contributed by atoms with Crippen LogP contribution < -0.4 is 10.9 Å². The number of benzene rings is 1. The molecule has 3 rings (SSSR count). The number of fused-ring (bicyclic) bond motifs is 1. The van der Waals surface area contributed by atoms with Crippen LogP contribution in [0, 0.1) is 0 Å². The van der Waals surface area contributed by atoms with E-state index in [4.69, 9.17) is 0 Å². The molecule has 0 saturated carbocycles. The van der Waals surface area contributed by atoms with E-state index in [1.807, 2.05) is 35.8 Å². The van der Waals surface area contributed by atoms with Crippen LogP contribution in [0.15, 0.2) is 48.0 Å². The van der Waals surface area contributed by atoms with Gasteiger partial charge in [0, 0.05) is 17.1 Å². The number of aromatic nitrogens is 1. The predicted molar refractivity (Wildman–Crippen MR) is 81.9 cm³/mol. The summed E-state index contributed by atoms with van der Waals surface area (Å²) < 4.78 is 0. The minimum Gasteiger partial charge on any atom is -0.361 e. The number of carbonyl (C=O) groups excluding carboxylic acids is 2. The SMILES string of the molecule is O=C(Cc1c[nH]c2ccccc12)NNC(=O)c1cccs1. The third-order valence-corrected chi connectivity index (χ3v) is 3.95. The van der Waals surface area contributed by atoms with Gasteiger partial charge in [0.1, 0.15) is 0 Å². The van der Waals surface area contributed by atoms with Crippen molar-refractivity contribution in [2.45, 2.75) is 6.42 Å². The third-order valence-electron chi connectivity index (χ3n) is 3.09. The van der Waals surface area contributed by atoms with Gasteiger partial charge in [0.15, 0.2) is 0 Å². The number of hydrazine groups is 1. The van der Waals surface area contributed by atoms with Crippen LogP contribution >= 0.6 is 11.3 Å². The molecule has 6 heteroatoms. The smallest absolute Gasteiger partial charge is 0.279 e. The zero-order chi connectivity index (χ0) is 14.7. The lowest BCUT2D eigenvalue weighted by Gasteiger charge is -2.05. The summed E-state index contributed by atoms with van der Waals surface area (Å²) in [5.41, 5.74) is 6.72. The molecular weight excluding hydrogens is 286 g/mol. The van der Waals surface area contributed by atoms with Gasteiger partial charge in [0.05, 0.1) is 11.3 Å². The molecule has 3 aromatic rings. The maximum absolute atomic E-state index is 11.9. The van der Waals surface area contributed by atoms with Crippen LogP contribution in [0.1, 0.15) is 15.2 Å². The van der Waals surface area contributed by atoms with Gasteiger partial charge in [-0.1, -0.05) is 24.3 Å². The van der Waals surface area contributed by atoms with E-state index in [9.17, 15) is 9.59 Å². The van der Waals surface area contributed by atoms with Crippen LogP contribution in [0.5, 0.6) is 0 Å². The van der Waals surface area contributed by atoms with Crippen LogP contribution in [-0.2, 0) is 11.2 Å². The standard InChI is InChI=1S/C15H13N3O2S/c19-14(17-18-15(20)13-6-3-7-21-13)8-10-9-16-12-5-2-1-4-11(10)12/h1-7,9,16H,8H2,(H,17,19)(H,18,20). The molecule has 0 radical (unpaired) electrons. The summed E-state index contributed by atoms with van der Waals surface area (Å²) in [5.74, 6) is -0.568. The maximum Gasteiger partial charge on any atom is 0.279 e. The first-order valence-corrected chi connectivity index (χ1v) is 7.29. The number of para-hydroxylation sites is 1. The number of amides is 2. The molecule has 106 valence electrons. The lowest BCUT2D eigenvalue weighted by molar-refractivity contribution is -0.121. The minimum atomic E-state index is -0.308. The number of hydrogen-bond donors (Lipinski definition) is 3. The first-order chi connectivity index (χ1) is 10.2. The molecule has 0 aliphatic heterocycles. The molecule has 0 unspecified atom stereocenters. The van der Waals surface area contributed by atoms with Gasteiger partial charge in [-0.15, -0.1) is 11.3 Å². The van der Waals surface area contributed by atoms with E-state index in [2.05, 4.69) is 15.8 Å². The highest BCUT2D eigenvalue weighted by atomic mass is 32.1. The Kier molecular flexibility index (Phi) is 3.70. The highest BCUT2D eigenvalue weighted by Crippen LogP contribution is 2.17. The van der Waals surface area contributed by atoms with Gasteiger partial charge in [-0.3, -0.25) is 20.4 Å². The molecule has 0 spiro atoms. The Balaban J connectivity index is 1.60. The van der Waals surface area contributed by atoms with Crippen molar-refractivity contribution >= 4 is 34.1 Å². The number of rotatable bonds is 3. The van der Waals surface area contributed by atoms with Crippen LogP contribution in [0.3, 0.4) is 0 Å². The minimum absolute atomic E-state index is 0.203. The Morgan fingerprint density at radius 1 is 1.10 bits per heavy atom. The molecule has 1 aromatic carbocycles. The zero-order valence-corrected chi connectivity index (χ0v) is 11.9. The summed E-state index contributed by atoms with van der Waals surface area (Å²) in [5, 5.41) is 2.82. The lowest BCUT2D eigenvalue weighted by atomic mass is 10.1. The summed E-state index contributed by atoms with van der Waals surface area (Å²) in [6, 6.07) is 11.3. The number of nitrogens with one attached hydrogen (secondary N) is 3. The summed E-state index contributed by atoms with van der Waals surface area (Å²) in [7, 11) is 0. The molecule has 3 N–H and O–H groups in total. The predicted octanol–water partition coefficient (Wildman–Crippen LogP) is 2.23. The summed E-state index contributed by atoms with van der Waals surface area (Å²) in [6.45, 7) is 0. The van der Waals surface area contributed by atoms with Crippen LogP contribution in [0.4, 0.5) is 0 Å². The lowest BCUT2D eigenvalue weighted by Crippen LogP contribution is -2.42. The highest BCUT2D eigenvalue weighted by molar-refractivity contribution is 7.12. The van der Waals surface area contributed by atoms with Gasteiger partial charge in [0.2, 0.25) is 5.91 Å². The summed E-state index contributed by atoms with van der Waals surface area (Å²) in [6.07, 6.45) is 2.01. The fourth-order valence-corrected chi connectivity index (χ4v) is 2.71. The molecule has 0 aliphatic rings. The summed E-state index contributed by atoms with van der Waals surface area (Å²) in [4.78, 5) is 27.3. The van der Waals surface area contributed by atoms with Gasteiger partial charge in [-0.2, -0.15) is 0 Å². The largest absolute Gasteiger partial charge is 0.361 e. The number of carbonyl (C=O) groups is 2. The molecule has 21 heavy (non-hydrogen) atoms. The van der Waals surface area contributed by atoms with Crippen LogP contribution in [-0.4, -0.2) is 16.8 Å². The molecule has 2 heterocycles. The first kappa shape index (κ1) is 13.4. The van der Waals surface area contributed by atoms with Gasteiger partial charge < -0.3 is 4.98 Å². The Morgan fingerprint density at radius 3 is 2.76 bits per heavy atom. The second-order valence-electron chi connectivity index (χ2n) is 4.52. The van der Waals surface area contributed by atoms with Crippen LogP contribution in [0.2, 0.25) is 0 Å². The second kappa shape index (κ2) is 5.80. The normalized spacial score (nSPS) is 10.5. The van der Waals surface area contributed by atoms with Crippen molar-refractivity contribution in [1.29, 1.82) is 0 Å². The van der Waals surface area contributed by atoms with Crippen molar-refractivity contribution in [3.8, 4) is 0 Å². The third kappa shape index (κ3) is 2.95. The van der Waals surface area contributed by atoms with Gasteiger partial charge >= 0.3 is 0 Å². The molecule has 5 nitrogen and oxygen atoms in total. The van der Waals surface area contributed by atoms with Crippen molar-refractivity contribution in [2.24, 2.45) is 0 Å². The fraction of sp³-hybridized carbons (Fsp3) is 0.0667. The van der Waals surface area contributed by atoms with E-state index >= 15 is 0 Å². The van der Waals surface area contributed by atoms with Crippen LogP contribution in [0.25, 0.3) is 10.9 Å². The van der Waals surface area contributed by atoms with Crippen molar-refractivity contribution in [1.82, 2.24) is 15.8 Å². The number of hydrogen-bond acceptors (Lipinski definition) is 3. The molecule has 0 aliphatic carbocycles.